The van der Waals surface area contributed by atoms with Gasteiger partial charge in [-0.25, -0.2) is 5.43 Å². The molecule has 0 bridgehead atoms. The Hall–Kier alpha value is -1.10. The van der Waals surface area contributed by atoms with E-state index in [0.717, 1.165) is 18.8 Å². The Morgan fingerprint density at radius 3 is 2.57 bits per heavy atom. The fraction of sp³-hybridized carbons (Fsp3) is 0.875. The molecule has 5 heteroatoms. The molecule has 2 N–H and O–H groups in total. The van der Waals surface area contributed by atoms with E-state index in [-0.39, 0.29) is 18.4 Å². The first-order chi connectivity index (χ1) is 10.2. The highest BCUT2D eigenvalue weighted by atomic mass is 16.4. The molecule has 1 amide bonds. The van der Waals surface area contributed by atoms with Crippen molar-refractivity contribution in [3.8, 4) is 0 Å². The third kappa shape index (κ3) is 2.00. The Labute approximate surface area is 125 Å². The van der Waals surface area contributed by atoms with E-state index >= 15 is 0 Å². The maximum Gasteiger partial charge on any atom is 0.324 e. The number of carbonyl (C=O) groups is 2. The zero-order valence-corrected chi connectivity index (χ0v) is 12.3. The largest absolute Gasteiger partial charge is 0.480 e. The van der Waals surface area contributed by atoms with Gasteiger partial charge < -0.3 is 5.11 Å². The Balaban J connectivity index is 1.65. The number of carboxylic acids is 1. The number of nitrogens with one attached hydrogen (secondary N) is 1. The summed E-state index contributed by atoms with van der Waals surface area (Å²) >= 11 is 0. The average Bonchev–Trinajstić information content (AvgIpc) is 2.80. The van der Waals surface area contributed by atoms with Crippen LogP contribution in [0.2, 0.25) is 0 Å². The molecule has 3 aliphatic carbocycles. The number of fused-ring (bicyclic) bond motifs is 3. The summed E-state index contributed by atoms with van der Waals surface area (Å²) in [5.74, 6) is 1.74. The summed E-state index contributed by atoms with van der Waals surface area (Å²) < 4.78 is 0. The molecule has 116 valence electrons. The van der Waals surface area contributed by atoms with Crippen LogP contribution < -0.4 is 5.43 Å². The molecular formula is C16H24N2O3. The van der Waals surface area contributed by atoms with Gasteiger partial charge in [-0.2, -0.15) is 0 Å². The molecule has 6 unspecified atom stereocenters. The molecule has 0 spiro atoms. The SMILES string of the molecule is O=C(O)CN1NC2C3CCCCC3C3CCCC(C1=O)C32. The number of nitrogens with zero attached hydrogens (tertiary/aromatic N) is 1. The summed E-state index contributed by atoms with van der Waals surface area (Å²) in [6, 6.07) is 0.336. The summed E-state index contributed by atoms with van der Waals surface area (Å²) in [6.45, 7) is -0.208. The maximum atomic E-state index is 12.6. The first-order valence-corrected chi connectivity index (χ1v) is 8.46. The lowest BCUT2D eigenvalue weighted by atomic mass is 9.68. The van der Waals surface area contributed by atoms with E-state index in [9.17, 15) is 9.59 Å². The molecule has 0 radical (unpaired) electrons. The number of hydrogen-bond acceptors (Lipinski definition) is 3. The average molecular weight is 292 g/mol. The minimum atomic E-state index is -0.931. The van der Waals surface area contributed by atoms with Crippen molar-refractivity contribution in [3.63, 3.8) is 0 Å². The van der Waals surface area contributed by atoms with E-state index < -0.39 is 5.97 Å². The lowest BCUT2D eigenvalue weighted by Gasteiger charge is -2.45. The molecule has 1 saturated heterocycles. The fourth-order valence-electron chi connectivity index (χ4n) is 5.90. The van der Waals surface area contributed by atoms with Crippen molar-refractivity contribution < 1.29 is 14.7 Å². The number of rotatable bonds is 2. The smallest absolute Gasteiger partial charge is 0.324 e. The van der Waals surface area contributed by atoms with E-state index in [1.807, 2.05) is 0 Å². The quantitative estimate of drug-likeness (QED) is 0.812. The first kappa shape index (κ1) is 13.6. The zero-order valence-electron chi connectivity index (χ0n) is 12.3. The van der Waals surface area contributed by atoms with Crippen LogP contribution in [0.3, 0.4) is 0 Å². The van der Waals surface area contributed by atoms with Crippen molar-refractivity contribution in [2.75, 3.05) is 6.54 Å². The second-order valence-corrected chi connectivity index (χ2v) is 7.36. The fourth-order valence-corrected chi connectivity index (χ4v) is 5.90. The molecule has 0 aromatic rings. The minimum absolute atomic E-state index is 0.0296. The van der Waals surface area contributed by atoms with Crippen LogP contribution in [0.15, 0.2) is 0 Å². The van der Waals surface area contributed by atoms with Gasteiger partial charge in [0, 0.05) is 12.0 Å². The zero-order chi connectivity index (χ0) is 14.6. The summed E-state index contributed by atoms with van der Waals surface area (Å²) in [4.78, 5) is 23.6. The van der Waals surface area contributed by atoms with Gasteiger partial charge in [-0.1, -0.05) is 19.3 Å². The van der Waals surface area contributed by atoms with Gasteiger partial charge in [0.2, 0.25) is 5.91 Å². The standard InChI is InChI=1S/C16H24N2O3/c19-13(20)8-18-16(21)12-7-3-6-10-9-4-1-2-5-11(9)15(17-18)14(10)12/h9-12,14-15,17H,1-8H2,(H,19,20). The summed E-state index contributed by atoms with van der Waals surface area (Å²) in [5, 5.41) is 10.5. The molecule has 1 heterocycles. The summed E-state index contributed by atoms with van der Waals surface area (Å²) in [7, 11) is 0. The van der Waals surface area contributed by atoms with E-state index in [0.29, 0.717) is 23.8 Å². The minimum Gasteiger partial charge on any atom is -0.480 e. The van der Waals surface area contributed by atoms with Crippen LogP contribution in [0.1, 0.15) is 44.9 Å². The van der Waals surface area contributed by atoms with Crippen LogP contribution in [-0.2, 0) is 9.59 Å². The Morgan fingerprint density at radius 1 is 1.10 bits per heavy atom. The van der Waals surface area contributed by atoms with E-state index in [1.165, 1.54) is 37.1 Å². The van der Waals surface area contributed by atoms with Crippen molar-refractivity contribution in [1.29, 1.82) is 0 Å². The molecule has 4 aliphatic rings. The molecule has 4 rings (SSSR count). The highest BCUT2D eigenvalue weighted by Crippen LogP contribution is 2.57. The lowest BCUT2D eigenvalue weighted by molar-refractivity contribution is -0.158. The maximum absolute atomic E-state index is 12.6. The molecule has 4 fully saturated rings. The van der Waals surface area contributed by atoms with Gasteiger partial charge >= 0.3 is 5.97 Å². The Bertz CT molecular complexity index is 466. The van der Waals surface area contributed by atoms with E-state index in [1.54, 1.807) is 0 Å². The van der Waals surface area contributed by atoms with Gasteiger partial charge in [-0.15, -0.1) is 0 Å². The summed E-state index contributed by atoms with van der Waals surface area (Å²) in [6.07, 6.45) is 8.53. The van der Waals surface area contributed by atoms with Gasteiger partial charge in [-0.3, -0.25) is 14.6 Å². The van der Waals surface area contributed by atoms with Crippen molar-refractivity contribution in [2.24, 2.45) is 29.6 Å². The number of hydrogen-bond donors (Lipinski definition) is 2. The Kier molecular flexibility index (Phi) is 3.21. The van der Waals surface area contributed by atoms with Crippen molar-refractivity contribution in [1.82, 2.24) is 10.4 Å². The van der Waals surface area contributed by atoms with Crippen LogP contribution in [0.5, 0.6) is 0 Å². The van der Waals surface area contributed by atoms with Gasteiger partial charge in [-0.05, 0) is 49.4 Å². The van der Waals surface area contributed by atoms with Crippen LogP contribution in [-0.4, -0.2) is 34.6 Å². The van der Waals surface area contributed by atoms with Gasteiger partial charge in [0.1, 0.15) is 6.54 Å². The molecular weight excluding hydrogens is 268 g/mol. The van der Waals surface area contributed by atoms with Crippen LogP contribution in [0.25, 0.3) is 0 Å². The van der Waals surface area contributed by atoms with Gasteiger partial charge in [0.05, 0.1) is 0 Å². The topological polar surface area (TPSA) is 69.6 Å². The summed E-state index contributed by atoms with van der Waals surface area (Å²) in [5.41, 5.74) is 3.33. The molecule has 3 saturated carbocycles. The number of amides is 1. The predicted octanol–water partition coefficient (Wildman–Crippen LogP) is 1.64. The van der Waals surface area contributed by atoms with E-state index in [4.69, 9.17) is 5.11 Å². The predicted molar refractivity (Wildman–Crippen MR) is 76.0 cm³/mol. The third-order valence-electron chi connectivity index (χ3n) is 6.49. The normalized spacial score (nSPS) is 45.1. The van der Waals surface area contributed by atoms with Crippen molar-refractivity contribution in [2.45, 2.75) is 51.0 Å². The van der Waals surface area contributed by atoms with Crippen LogP contribution in [0.4, 0.5) is 0 Å². The van der Waals surface area contributed by atoms with Crippen molar-refractivity contribution >= 4 is 11.9 Å². The molecule has 0 aromatic heterocycles. The molecule has 6 atom stereocenters. The first-order valence-electron chi connectivity index (χ1n) is 8.46. The number of aliphatic carboxylic acids is 1. The highest BCUT2D eigenvalue weighted by molar-refractivity contribution is 5.84. The third-order valence-corrected chi connectivity index (χ3v) is 6.49. The number of carboxylic acid groups (broad SMARTS) is 1. The van der Waals surface area contributed by atoms with Gasteiger partial charge in [0.25, 0.3) is 0 Å². The molecule has 5 nitrogen and oxygen atoms in total. The number of hydrazine groups is 1. The van der Waals surface area contributed by atoms with Crippen LogP contribution in [0, 0.1) is 29.6 Å². The van der Waals surface area contributed by atoms with Crippen molar-refractivity contribution in [3.05, 3.63) is 0 Å². The van der Waals surface area contributed by atoms with E-state index in [2.05, 4.69) is 5.43 Å². The highest BCUT2D eigenvalue weighted by Gasteiger charge is 2.58. The second-order valence-electron chi connectivity index (χ2n) is 7.36. The second kappa shape index (κ2) is 4.97. The lowest BCUT2D eigenvalue weighted by Crippen LogP contribution is -2.63. The molecule has 21 heavy (non-hydrogen) atoms. The monoisotopic (exact) mass is 292 g/mol. The molecule has 1 aliphatic heterocycles. The Morgan fingerprint density at radius 2 is 1.81 bits per heavy atom. The van der Waals surface area contributed by atoms with Crippen LogP contribution >= 0.6 is 0 Å². The van der Waals surface area contributed by atoms with Gasteiger partial charge in [0.15, 0.2) is 0 Å². The molecule has 0 aromatic carbocycles. The number of carbonyl (C=O) groups excluding carboxylic acids is 1.